The van der Waals surface area contributed by atoms with Crippen molar-refractivity contribution in [2.75, 3.05) is 12.4 Å². The molecule has 1 atom stereocenters. The van der Waals surface area contributed by atoms with E-state index >= 15 is 0 Å². The summed E-state index contributed by atoms with van der Waals surface area (Å²) in [5.41, 5.74) is 1.10. The van der Waals surface area contributed by atoms with Gasteiger partial charge in [0.15, 0.2) is 6.10 Å². The quantitative estimate of drug-likeness (QED) is 0.785. The molecule has 1 unspecified atom stereocenters. The van der Waals surface area contributed by atoms with Crippen LogP contribution in [0.15, 0.2) is 46.9 Å². The number of anilines is 1. The highest BCUT2D eigenvalue weighted by Gasteiger charge is 2.16. The van der Waals surface area contributed by atoms with Gasteiger partial charge in [-0.25, -0.2) is 0 Å². The van der Waals surface area contributed by atoms with Gasteiger partial charge in [-0.05, 0) is 65.3 Å². The van der Waals surface area contributed by atoms with Crippen LogP contribution >= 0.6 is 27.5 Å². The van der Waals surface area contributed by atoms with E-state index in [1.165, 1.54) is 0 Å². The predicted molar refractivity (Wildman–Crippen MR) is 97.7 cm³/mol. The van der Waals surface area contributed by atoms with E-state index < -0.39 is 6.10 Å². The van der Waals surface area contributed by atoms with E-state index in [9.17, 15) is 9.59 Å². The van der Waals surface area contributed by atoms with E-state index in [4.69, 9.17) is 16.3 Å². The molecule has 0 saturated heterocycles. The van der Waals surface area contributed by atoms with Crippen molar-refractivity contribution in [3.05, 3.63) is 57.5 Å². The van der Waals surface area contributed by atoms with Crippen molar-refractivity contribution in [2.24, 2.45) is 0 Å². The Labute approximate surface area is 153 Å². The maximum atomic E-state index is 12.2. The number of hydrogen-bond acceptors (Lipinski definition) is 3. The molecule has 2 aromatic rings. The maximum absolute atomic E-state index is 12.2. The Bertz CT molecular complexity index is 750. The lowest BCUT2D eigenvalue weighted by Gasteiger charge is -2.16. The molecule has 2 amide bonds. The third kappa shape index (κ3) is 4.72. The van der Waals surface area contributed by atoms with E-state index in [1.807, 2.05) is 0 Å². The number of carbonyl (C=O) groups is 2. The molecule has 5 nitrogen and oxygen atoms in total. The van der Waals surface area contributed by atoms with Crippen LogP contribution in [0.25, 0.3) is 0 Å². The van der Waals surface area contributed by atoms with E-state index in [0.29, 0.717) is 26.5 Å². The van der Waals surface area contributed by atoms with Crippen molar-refractivity contribution in [1.82, 2.24) is 5.32 Å². The molecule has 2 aromatic carbocycles. The lowest BCUT2D eigenvalue weighted by molar-refractivity contribution is -0.122. The van der Waals surface area contributed by atoms with Crippen LogP contribution in [-0.4, -0.2) is 25.0 Å². The van der Waals surface area contributed by atoms with Crippen LogP contribution in [0.5, 0.6) is 5.75 Å². The van der Waals surface area contributed by atoms with Crippen LogP contribution in [0.2, 0.25) is 5.02 Å². The summed E-state index contributed by atoms with van der Waals surface area (Å²) >= 11 is 9.22. The first-order valence-electron chi connectivity index (χ1n) is 7.15. The van der Waals surface area contributed by atoms with Crippen LogP contribution in [-0.2, 0) is 4.79 Å². The highest BCUT2D eigenvalue weighted by Crippen LogP contribution is 2.28. The smallest absolute Gasteiger partial charge is 0.265 e. The minimum Gasteiger partial charge on any atom is -0.480 e. The molecule has 0 heterocycles. The molecule has 0 radical (unpaired) electrons. The van der Waals surface area contributed by atoms with Crippen LogP contribution < -0.4 is 15.4 Å². The average molecular weight is 412 g/mol. The molecule has 0 bridgehead atoms. The highest BCUT2D eigenvalue weighted by atomic mass is 79.9. The Balaban J connectivity index is 1.99. The lowest BCUT2D eigenvalue weighted by Crippen LogP contribution is -2.30. The molecule has 0 aliphatic heterocycles. The molecule has 0 fully saturated rings. The van der Waals surface area contributed by atoms with Gasteiger partial charge in [0.2, 0.25) is 0 Å². The zero-order chi connectivity index (χ0) is 17.7. The first kappa shape index (κ1) is 18.3. The Kier molecular flexibility index (Phi) is 6.23. The Hall–Kier alpha value is -2.05. The largest absolute Gasteiger partial charge is 0.480 e. The normalized spacial score (nSPS) is 11.5. The van der Waals surface area contributed by atoms with Gasteiger partial charge in [-0.2, -0.15) is 0 Å². The molecule has 2 rings (SSSR count). The van der Waals surface area contributed by atoms with E-state index in [2.05, 4.69) is 26.6 Å². The van der Waals surface area contributed by atoms with Crippen LogP contribution in [0.4, 0.5) is 5.69 Å². The summed E-state index contributed by atoms with van der Waals surface area (Å²) in [6.45, 7) is 1.65. The molecule has 126 valence electrons. The lowest BCUT2D eigenvalue weighted by atomic mass is 10.2. The monoisotopic (exact) mass is 410 g/mol. The van der Waals surface area contributed by atoms with Crippen LogP contribution in [0.1, 0.15) is 17.3 Å². The summed E-state index contributed by atoms with van der Waals surface area (Å²) in [5.74, 6) is 0.0405. The van der Waals surface area contributed by atoms with Gasteiger partial charge in [0.1, 0.15) is 5.75 Å². The molecule has 24 heavy (non-hydrogen) atoms. The molecule has 0 saturated carbocycles. The summed E-state index contributed by atoms with van der Waals surface area (Å²) in [4.78, 5) is 23.7. The van der Waals surface area contributed by atoms with Crippen LogP contribution in [0, 0.1) is 0 Å². The Morgan fingerprint density at radius 1 is 1.17 bits per heavy atom. The molecule has 0 aliphatic rings. The maximum Gasteiger partial charge on any atom is 0.265 e. The topological polar surface area (TPSA) is 67.4 Å². The van der Waals surface area contributed by atoms with Gasteiger partial charge in [0, 0.05) is 23.3 Å². The van der Waals surface area contributed by atoms with Crippen molar-refractivity contribution in [1.29, 1.82) is 0 Å². The molecular weight excluding hydrogens is 396 g/mol. The number of ether oxygens (including phenoxy) is 1. The number of benzene rings is 2. The van der Waals surface area contributed by atoms with Crippen molar-refractivity contribution < 1.29 is 14.3 Å². The SMILES string of the molecule is CNC(=O)c1ccc(NC(=O)C(C)Oc2ccc(Cl)cc2Br)cc1. The van der Waals surface area contributed by atoms with Crippen molar-refractivity contribution >= 4 is 45.0 Å². The standard InChI is InChI=1S/C17H16BrClN2O3/c1-10(24-15-8-5-12(19)9-14(15)18)16(22)21-13-6-3-11(4-7-13)17(23)20-2/h3-10H,1-2H3,(H,20,23)(H,21,22). The summed E-state index contributed by atoms with van der Waals surface area (Å²) in [6.07, 6.45) is -0.707. The second kappa shape index (κ2) is 8.17. The van der Waals surface area contributed by atoms with E-state index in [-0.39, 0.29) is 11.8 Å². The molecule has 0 spiro atoms. The summed E-state index contributed by atoms with van der Waals surface area (Å²) in [6, 6.07) is 11.7. The van der Waals surface area contributed by atoms with Crippen molar-refractivity contribution in [3.63, 3.8) is 0 Å². The average Bonchev–Trinajstić information content (AvgIpc) is 2.57. The zero-order valence-electron chi connectivity index (χ0n) is 13.1. The fourth-order valence-corrected chi connectivity index (χ4v) is 2.68. The fourth-order valence-electron chi connectivity index (χ4n) is 1.91. The number of nitrogens with one attached hydrogen (secondary N) is 2. The predicted octanol–water partition coefficient (Wildman–Crippen LogP) is 3.87. The first-order chi connectivity index (χ1) is 11.4. The van der Waals surface area contributed by atoms with Gasteiger partial charge >= 0.3 is 0 Å². The van der Waals surface area contributed by atoms with Crippen LogP contribution in [0.3, 0.4) is 0 Å². The molecule has 0 aromatic heterocycles. The molecule has 7 heteroatoms. The molecular formula is C17H16BrClN2O3. The number of halogens is 2. The van der Waals surface area contributed by atoms with Gasteiger partial charge in [-0.1, -0.05) is 11.6 Å². The zero-order valence-corrected chi connectivity index (χ0v) is 15.4. The molecule has 2 N–H and O–H groups in total. The number of hydrogen-bond donors (Lipinski definition) is 2. The third-order valence-corrected chi connectivity index (χ3v) is 4.06. The minimum absolute atomic E-state index is 0.183. The summed E-state index contributed by atoms with van der Waals surface area (Å²) in [7, 11) is 1.56. The number of carbonyl (C=O) groups excluding carboxylic acids is 2. The van der Waals surface area contributed by atoms with Gasteiger partial charge in [0.25, 0.3) is 11.8 Å². The number of amides is 2. The highest BCUT2D eigenvalue weighted by molar-refractivity contribution is 9.10. The van der Waals surface area contributed by atoms with Gasteiger partial charge in [-0.3, -0.25) is 9.59 Å². The summed E-state index contributed by atoms with van der Waals surface area (Å²) in [5, 5.41) is 5.85. The van der Waals surface area contributed by atoms with Crippen molar-refractivity contribution in [3.8, 4) is 5.75 Å². The Morgan fingerprint density at radius 2 is 1.83 bits per heavy atom. The second-order valence-corrected chi connectivity index (χ2v) is 6.27. The van der Waals surface area contributed by atoms with Gasteiger partial charge in [-0.15, -0.1) is 0 Å². The van der Waals surface area contributed by atoms with E-state index in [0.717, 1.165) is 0 Å². The molecule has 0 aliphatic carbocycles. The summed E-state index contributed by atoms with van der Waals surface area (Å²) < 4.78 is 6.30. The second-order valence-electron chi connectivity index (χ2n) is 4.98. The first-order valence-corrected chi connectivity index (χ1v) is 8.32. The van der Waals surface area contributed by atoms with Crippen molar-refractivity contribution in [2.45, 2.75) is 13.0 Å². The van der Waals surface area contributed by atoms with Gasteiger partial charge < -0.3 is 15.4 Å². The van der Waals surface area contributed by atoms with Gasteiger partial charge in [0.05, 0.1) is 4.47 Å². The minimum atomic E-state index is -0.707. The third-order valence-electron chi connectivity index (χ3n) is 3.21. The Morgan fingerprint density at radius 3 is 2.42 bits per heavy atom. The number of rotatable bonds is 5. The van der Waals surface area contributed by atoms with E-state index in [1.54, 1.807) is 56.4 Å². The fraction of sp³-hybridized carbons (Fsp3) is 0.176.